The second-order valence-electron chi connectivity index (χ2n) is 5.43. The predicted molar refractivity (Wildman–Crippen MR) is 85.6 cm³/mol. The number of rotatable bonds is 11. The summed E-state index contributed by atoms with van der Waals surface area (Å²) in [7, 11) is 0. The highest BCUT2D eigenvalue weighted by atomic mass is 16.5. The number of benzene rings is 1. The summed E-state index contributed by atoms with van der Waals surface area (Å²) in [5, 5.41) is 9.04. The maximum absolute atomic E-state index is 11.5. The highest BCUT2D eigenvalue weighted by molar-refractivity contribution is 5.93. The minimum Gasteiger partial charge on any atom is -0.481 e. The topological polar surface area (TPSA) is 63.6 Å². The fourth-order valence-electron chi connectivity index (χ4n) is 2.44. The Balaban J connectivity index is 2.10. The molecule has 0 spiro atoms. The van der Waals surface area contributed by atoms with Crippen LogP contribution in [0.15, 0.2) is 30.3 Å². The van der Waals surface area contributed by atoms with E-state index in [0.717, 1.165) is 38.5 Å². The van der Waals surface area contributed by atoms with Gasteiger partial charge in [0.25, 0.3) is 0 Å². The zero-order chi connectivity index (χ0) is 16.2. The van der Waals surface area contributed by atoms with Gasteiger partial charge >= 0.3 is 11.9 Å². The molecular weight excluding hydrogens is 280 g/mol. The number of carboxylic acids is 1. The first kappa shape index (κ1) is 18.2. The Hall–Kier alpha value is -1.84. The molecule has 0 aliphatic rings. The normalized spacial score (nSPS) is 11.9. The van der Waals surface area contributed by atoms with Crippen molar-refractivity contribution in [2.45, 2.75) is 51.9 Å². The number of unbranched alkanes of at least 4 members (excludes halogenated alkanes) is 4. The van der Waals surface area contributed by atoms with Crippen molar-refractivity contribution in [3.8, 4) is 0 Å². The van der Waals surface area contributed by atoms with E-state index in [1.165, 1.54) is 5.56 Å². The molecule has 1 N–H and O–H groups in total. The third-order valence-electron chi connectivity index (χ3n) is 3.67. The van der Waals surface area contributed by atoms with Crippen molar-refractivity contribution in [2.24, 2.45) is 5.92 Å². The molecule has 0 bridgehead atoms. The van der Waals surface area contributed by atoms with Crippen LogP contribution in [0.3, 0.4) is 0 Å². The van der Waals surface area contributed by atoms with Crippen LogP contribution in [0.25, 0.3) is 0 Å². The number of esters is 1. The van der Waals surface area contributed by atoms with Crippen molar-refractivity contribution in [1.82, 2.24) is 0 Å². The third kappa shape index (κ3) is 7.25. The molecule has 0 saturated heterocycles. The van der Waals surface area contributed by atoms with E-state index in [0.29, 0.717) is 6.42 Å². The summed E-state index contributed by atoms with van der Waals surface area (Å²) in [6.45, 7) is 1.91. The molecule has 0 heterocycles. The minimum absolute atomic E-state index is 0.224. The summed E-state index contributed by atoms with van der Waals surface area (Å²) >= 11 is 0. The number of carbonyl (C=O) groups is 2. The van der Waals surface area contributed by atoms with Gasteiger partial charge in [-0.1, -0.05) is 56.0 Å². The van der Waals surface area contributed by atoms with Gasteiger partial charge in [0.15, 0.2) is 5.92 Å². The van der Waals surface area contributed by atoms with E-state index in [9.17, 15) is 9.59 Å². The third-order valence-corrected chi connectivity index (χ3v) is 3.67. The monoisotopic (exact) mass is 306 g/mol. The summed E-state index contributed by atoms with van der Waals surface area (Å²) < 4.78 is 4.79. The zero-order valence-electron chi connectivity index (χ0n) is 13.3. The summed E-state index contributed by atoms with van der Waals surface area (Å²) in [6, 6.07) is 10.4. The summed E-state index contributed by atoms with van der Waals surface area (Å²) in [6.07, 6.45) is 6.51. The van der Waals surface area contributed by atoms with E-state index in [1.807, 2.05) is 6.07 Å². The molecule has 0 amide bonds. The molecular formula is C18H26O4. The Morgan fingerprint density at radius 1 is 1.05 bits per heavy atom. The standard InChI is InChI=1S/C18H26O4/c1-2-22-18(21)16(17(19)20)14-10-5-3-4-7-11-15-12-8-6-9-13-15/h6,8-9,12-13,16H,2-5,7,10-11,14H2,1H3,(H,19,20)/t16-/m0/s1. The molecule has 0 aliphatic carbocycles. The van der Waals surface area contributed by atoms with Crippen LogP contribution in [0.4, 0.5) is 0 Å². The molecule has 1 atom stereocenters. The van der Waals surface area contributed by atoms with E-state index in [1.54, 1.807) is 6.92 Å². The number of carboxylic acid groups (broad SMARTS) is 1. The molecule has 0 fully saturated rings. The van der Waals surface area contributed by atoms with Crippen molar-refractivity contribution in [2.75, 3.05) is 6.61 Å². The summed E-state index contributed by atoms with van der Waals surface area (Å²) in [4.78, 5) is 22.5. The number of ether oxygens (including phenoxy) is 1. The molecule has 0 unspecified atom stereocenters. The van der Waals surface area contributed by atoms with E-state index in [-0.39, 0.29) is 6.61 Å². The molecule has 0 aliphatic heterocycles. The average Bonchev–Trinajstić information content (AvgIpc) is 2.50. The van der Waals surface area contributed by atoms with E-state index >= 15 is 0 Å². The van der Waals surface area contributed by atoms with Gasteiger partial charge in [0.2, 0.25) is 0 Å². The number of hydrogen-bond acceptors (Lipinski definition) is 3. The fraction of sp³-hybridized carbons (Fsp3) is 0.556. The first-order valence-electron chi connectivity index (χ1n) is 8.08. The van der Waals surface area contributed by atoms with Crippen molar-refractivity contribution in [3.63, 3.8) is 0 Å². The van der Waals surface area contributed by atoms with Crippen molar-refractivity contribution in [1.29, 1.82) is 0 Å². The van der Waals surface area contributed by atoms with Crippen molar-refractivity contribution in [3.05, 3.63) is 35.9 Å². The highest BCUT2D eigenvalue weighted by Gasteiger charge is 2.26. The molecule has 4 heteroatoms. The second kappa shape index (κ2) is 10.8. The van der Waals surface area contributed by atoms with E-state index in [2.05, 4.69) is 24.3 Å². The number of hydrogen-bond donors (Lipinski definition) is 1. The van der Waals surface area contributed by atoms with Gasteiger partial charge in [0.1, 0.15) is 0 Å². The molecule has 122 valence electrons. The lowest BCUT2D eigenvalue weighted by Crippen LogP contribution is -2.25. The minimum atomic E-state index is -1.08. The second-order valence-corrected chi connectivity index (χ2v) is 5.43. The molecule has 4 nitrogen and oxygen atoms in total. The van der Waals surface area contributed by atoms with Crippen LogP contribution in [-0.2, 0) is 20.7 Å². The Bertz CT molecular complexity index is 442. The SMILES string of the molecule is CCOC(=O)[C@@H](CCCCCCCc1ccccc1)C(=O)O. The van der Waals surface area contributed by atoms with Crippen LogP contribution < -0.4 is 0 Å². The van der Waals surface area contributed by atoms with Crippen LogP contribution in [0.5, 0.6) is 0 Å². The first-order valence-corrected chi connectivity index (χ1v) is 8.08. The van der Waals surface area contributed by atoms with Crippen LogP contribution in [0, 0.1) is 5.92 Å². The molecule has 0 radical (unpaired) electrons. The molecule has 1 aromatic rings. The zero-order valence-corrected chi connectivity index (χ0v) is 13.3. The Morgan fingerprint density at radius 3 is 2.32 bits per heavy atom. The van der Waals surface area contributed by atoms with Crippen molar-refractivity contribution < 1.29 is 19.4 Å². The average molecular weight is 306 g/mol. The fourth-order valence-corrected chi connectivity index (χ4v) is 2.44. The maximum atomic E-state index is 11.5. The van der Waals surface area contributed by atoms with E-state index < -0.39 is 17.9 Å². The van der Waals surface area contributed by atoms with Gasteiger partial charge in [0.05, 0.1) is 6.61 Å². The van der Waals surface area contributed by atoms with Gasteiger partial charge in [-0.05, 0) is 31.7 Å². The predicted octanol–water partition coefficient (Wildman–Crippen LogP) is 3.83. The van der Waals surface area contributed by atoms with Gasteiger partial charge in [0, 0.05) is 0 Å². The summed E-state index contributed by atoms with van der Waals surface area (Å²) in [5.74, 6) is -2.70. The van der Waals surface area contributed by atoms with Gasteiger partial charge in [-0.25, -0.2) is 0 Å². The first-order chi connectivity index (χ1) is 10.6. The Kier molecular flexibility index (Phi) is 8.96. The number of aryl methyl sites for hydroxylation is 1. The lowest BCUT2D eigenvalue weighted by atomic mass is 10.00. The Morgan fingerprint density at radius 2 is 1.68 bits per heavy atom. The molecule has 0 saturated carbocycles. The Labute approximate surface area is 132 Å². The quantitative estimate of drug-likeness (QED) is 0.383. The summed E-state index contributed by atoms with van der Waals surface area (Å²) in [5.41, 5.74) is 1.36. The van der Waals surface area contributed by atoms with Crippen LogP contribution >= 0.6 is 0 Å². The molecule has 1 aromatic carbocycles. The van der Waals surface area contributed by atoms with Crippen LogP contribution in [-0.4, -0.2) is 23.7 Å². The van der Waals surface area contributed by atoms with Gasteiger partial charge in [-0.15, -0.1) is 0 Å². The lowest BCUT2D eigenvalue weighted by molar-refractivity contribution is -0.158. The molecule has 1 rings (SSSR count). The van der Waals surface area contributed by atoms with Gasteiger partial charge < -0.3 is 9.84 Å². The highest BCUT2D eigenvalue weighted by Crippen LogP contribution is 2.15. The largest absolute Gasteiger partial charge is 0.481 e. The maximum Gasteiger partial charge on any atom is 0.320 e. The van der Waals surface area contributed by atoms with Gasteiger partial charge in [-0.2, -0.15) is 0 Å². The lowest BCUT2D eigenvalue weighted by Gasteiger charge is -2.10. The number of carbonyl (C=O) groups excluding carboxylic acids is 1. The molecule has 22 heavy (non-hydrogen) atoms. The van der Waals surface area contributed by atoms with Gasteiger partial charge in [-0.3, -0.25) is 9.59 Å². The van der Waals surface area contributed by atoms with Crippen molar-refractivity contribution >= 4 is 11.9 Å². The number of aliphatic carboxylic acids is 1. The molecule has 0 aromatic heterocycles. The van der Waals surface area contributed by atoms with E-state index in [4.69, 9.17) is 9.84 Å². The smallest absolute Gasteiger partial charge is 0.320 e. The van der Waals surface area contributed by atoms with Crippen LogP contribution in [0.1, 0.15) is 51.0 Å². The van der Waals surface area contributed by atoms with Crippen LogP contribution in [0.2, 0.25) is 0 Å².